The molecule has 1 heterocycles. The molecular formula is C15H24N4O3. The molecule has 0 bridgehead atoms. The Balaban J connectivity index is 1.96. The number of nitrogens with one attached hydrogen (secondary N) is 1. The third-order valence-corrected chi connectivity index (χ3v) is 4.36. The number of hydrogen-bond donors (Lipinski definition) is 1. The van der Waals surface area contributed by atoms with Gasteiger partial charge in [0, 0.05) is 6.04 Å². The maximum atomic E-state index is 12.2. The molecule has 1 saturated carbocycles. The zero-order chi connectivity index (χ0) is 16.3. The first-order chi connectivity index (χ1) is 10.3. The highest BCUT2D eigenvalue weighted by Crippen LogP contribution is 2.37. The Bertz CT molecular complexity index is 547. The van der Waals surface area contributed by atoms with E-state index in [0.29, 0.717) is 5.92 Å². The number of rotatable bonds is 4. The highest BCUT2D eigenvalue weighted by Gasteiger charge is 2.34. The van der Waals surface area contributed by atoms with E-state index in [-0.39, 0.29) is 29.6 Å². The number of carbonyl (C=O) groups excluding carboxylic acids is 1. The minimum atomic E-state index is -0.516. The lowest BCUT2D eigenvalue weighted by Crippen LogP contribution is -2.47. The fourth-order valence-corrected chi connectivity index (χ4v) is 3.27. The largest absolute Gasteiger partial charge is 0.351 e. The molecule has 0 spiro atoms. The van der Waals surface area contributed by atoms with Crippen molar-refractivity contribution in [2.75, 3.05) is 0 Å². The minimum absolute atomic E-state index is 0.0151. The van der Waals surface area contributed by atoms with Gasteiger partial charge in [-0.3, -0.25) is 19.6 Å². The fraction of sp³-hybridized carbons (Fsp3) is 0.733. The molecular weight excluding hydrogens is 284 g/mol. The van der Waals surface area contributed by atoms with E-state index in [4.69, 9.17) is 0 Å². The van der Waals surface area contributed by atoms with Gasteiger partial charge in [0.25, 0.3) is 0 Å². The lowest BCUT2D eigenvalue weighted by Gasteiger charge is -2.40. The Morgan fingerprint density at radius 1 is 1.45 bits per heavy atom. The van der Waals surface area contributed by atoms with Crippen LogP contribution in [0.2, 0.25) is 0 Å². The van der Waals surface area contributed by atoms with Crippen molar-refractivity contribution in [2.45, 2.75) is 59.0 Å². The summed E-state index contributed by atoms with van der Waals surface area (Å²) in [7, 11) is 0. The number of carbonyl (C=O) groups is 1. The van der Waals surface area contributed by atoms with Gasteiger partial charge >= 0.3 is 5.69 Å². The lowest BCUT2D eigenvalue weighted by molar-refractivity contribution is -0.385. The van der Waals surface area contributed by atoms with Gasteiger partial charge in [0.2, 0.25) is 5.91 Å². The van der Waals surface area contributed by atoms with Crippen molar-refractivity contribution in [3.63, 3.8) is 0 Å². The van der Waals surface area contributed by atoms with Gasteiger partial charge in [-0.25, -0.2) is 0 Å². The SMILES string of the molecule is CC(C)(C)[C@H]1CCCC[C@H]1NC(=O)Cn1cc([N+](=O)[O-])cn1. The van der Waals surface area contributed by atoms with Gasteiger partial charge in [-0.2, -0.15) is 5.10 Å². The Morgan fingerprint density at radius 2 is 2.14 bits per heavy atom. The van der Waals surface area contributed by atoms with Crippen LogP contribution in [0.25, 0.3) is 0 Å². The molecule has 1 amide bonds. The Hall–Kier alpha value is -1.92. The van der Waals surface area contributed by atoms with Crippen molar-refractivity contribution >= 4 is 11.6 Å². The van der Waals surface area contributed by atoms with Crippen molar-refractivity contribution in [1.82, 2.24) is 15.1 Å². The van der Waals surface area contributed by atoms with E-state index in [9.17, 15) is 14.9 Å². The first kappa shape index (κ1) is 16.5. The van der Waals surface area contributed by atoms with Gasteiger partial charge in [-0.1, -0.05) is 33.6 Å². The van der Waals surface area contributed by atoms with Crippen LogP contribution in [-0.2, 0) is 11.3 Å². The van der Waals surface area contributed by atoms with Crippen LogP contribution < -0.4 is 5.32 Å². The molecule has 122 valence electrons. The van der Waals surface area contributed by atoms with Gasteiger partial charge in [-0.05, 0) is 24.2 Å². The summed E-state index contributed by atoms with van der Waals surface area (Å²) in [4.78, 5) is 22.3. The molecule has 0 saturated heterocycles. The van der Waals surface area contributed by atoms with E-state index in [1.54, 1.807) is 0 Å². The van der Waals surface area contributed by atoms with Crippen molar-refractivity contribution in [1.29, 1.82) is 0 Å². The van der Waals surface area contributed by atoms with Crippen LogP contribution in [0.3, 0.4) is 0 Å². The van der Waals surface area contributed by atoms with Crippen molar-refractivity contribution in [2.24, 2.45) is 11.3 Å². The smallest absolute Gasteiger partial charge is 0.307 e. The first-order valence-electron chi connectivity index (χ1n) is 7.73. The summed E-state index contributed by atoms with van der Waals surface area (Å²) in [6, 6.07) is 0.173. The molecule has 2 rings (SSSR count). The van der Waals surface area contributed by atoms with Crippen molar-refractivity contribution < 1.29 is 9.72 Å². The second-order valence-corrected chi connectivity index (χ2v) is 7.08. The molecule has 2 atom stereocenters. The second-order valence-electron chi connectivity index (χ2n) is 7.08. The highest BCUT2D eigenvalue weighted by molar-refractivity contribution is 5.76. The average molecular weight is 308 g/mol. The van der Waals surface area contributed by atoms with Gasteiger partial charge in [0.15, 0.2) is 0 Å². The molecule has 1 aliphatic rings. The maximum absolute atomic E-state index is 12.2. The third-order valence-electron chi connectivity index (χ3n) is 4.36. The average Bonchev–Trinajstić information content (AvgIpc) is 2.86. The van der Waals surface area contributed by atoms with E-state index in [2.05, 4.69) is 31.2 Å². The monoisotopic (exact) mass is 308 g/mol. The molecule has 22 heavy (non-hydrogen) atoms. The standard InChI is InChI=1S/C15H24N4O3/c1-15(2,3)12-6-4-5-7-13(12)17-14(20)10-18-9-11(8-16-18)19(21)22/h8-9,12-13H,4-7,10H2,1-3H3,(H,17,20)/t12-,13+/m0/s1. The van der Waals surface area contributed by atoms with Crippen LogP contribution >= 0.6 is 0 Å². The molecule has 0 aromatic carbocycles. The molecule has 1 N–H and O–H groups in total. The van der Waals surface area contributed by atoms with Gasteiger partial charge < -0.3 is 5.32 Å². The normalized spacial score (nSPS) is 22.3. The minimum Gasteiger partial charge on any atom is -0.351 e. The molecule has 1 aromatic rings. The van der Waals surface area contributed by atoms with E-state index in [1.807, 2.05) is 0 Å². The summed E-state index contributed by atoms with van der Waals surface area (Å²) >= 11 is 0. The van der Waals surface area contributed by atoms with Crippen molar-refractivity contribution in [3.05, 3.63) is 22.5 Å². The third kappa shape index (κ3) is 4.05. The van der Waals surface area contributed by atoms with E-state index in [0.717, 1.165) is 25.5 Å². The predicted octanol–water partition coefficient (Wildman–Crippen LogP) is 2.51. The quantitative estimate of drug-likeness (QED) is 0.683. The van der Waals surface area contributed by atoms with Crippen LogP contribution in [-0.4, -0.2) is 26.7 Å². The number of aromatic nitrogens is 2. The van der Waals surface area contributed by atoms with Crippen LogP contribution in [0.5, 0.6) is 0 Å². The second kappa shape index (κ2) is 6.46. The summed E-state index contributed by atoms with van der Waals surface area (Å²) in [6.07, 6.45) is 6.90. The van der Waals surface area contributed by atoms with E-state index >= 15 is 0 Å². The summed E-state index contributed by atoms with van der Waals surface area (Å²) in [5.74, 6) is 0.316. The molecule has 7 heteroatoms. The predicted molar refractivity (Wildman–Crippen MR) is 82.2 cm³/mol. The van der Waals surface area contributed by atoms with Gasteiger partial charge in [0.05, 0.1) is 4.92 Å². The van der Waals surface area contributed by atoms with Crippen molar-refractivity contribution in [3.8, 4) is 0 Å². The Kier molecular flexibility index (Phi) is 4.83. The summed E-state index contributed by atoms with van der Waals surface area (Å²) in [5, 5.41) is 17.6. The number of hydrogen-bond acceptors (Lipinski definition) is 4. The van der Waals surface area contributed by atoms with Crippen LogP contribution in [0.4, 0.5) is 5.69 Å². The summed E-state index contributed by atoms with van der Waals surface area (Å²) < 4.78 is 1.31. The molecule has 1 aromatic heterocycles. The van der Waals surface area contributed by atoms with Crippen LogP contribution in [0.1, 0.15) is 46.5 Å². The molecule has 0 unspecified atom stereocenters. The number of nitrogens with zero attached hydrogens (tertiary/aromatic N) is 3. The van der Waals surface area contributed by atoms with E-state index < -0.39 is 4.92 Å². The molecule has 1 fully saturated rings. The zero-order valence-corrected chi connectivity index (χ0v) is 13.4. The summed E-state index contributed by atoms with van der Waals surface area (Å²) in [6.45, 7) is 6.64. The number of nitro groups is 1. The van der Waals surface area contributed by atoms with E-state index in [1.165, 1.54) is 17.3 Å². The zero-order valence-electron chi connectivity index (χ0n) is 13.4. The van der Waals surface area contributed by atoms with Gasteiger partial charge in [-0.15, -0.1) is 0 Å². The first-order valence-corrected chi connectivity index (χ1v) is 7.73. The Morgan fingerprint density at radius 3 is 2.73 bits per heavy atom. The molecule has 0 radical (unpaired) electrons. The van der Waals surface area contributed by atoms with Crippen LogP contribution in [0.15, 0.2) is 12.4 Å². The lowest BCUT2D eigenvalue weighted by atomic mass is 9.69. The maximum Gasteiger partial charge on any atom is 0.307 e. The Labute approximate surface area is 130 Å². The van der Waals surface area contributed by atoms with Gasteiger partial charge in [0.1, 0.15) is 18.9 Å². The highest BCUT2D eigenvalue weighted by atomic mass is 16.6. The molecule has 1 aliphatic carbocycles. The topological polar surface area (TPSA) is 90.1 Å². The molecule has 7 nitrogen and oxygen atoms in total. The summed E-state index contributed by atoms with van der Waals surface area (Å²) in [5.41, 5.74) is 0.0566. The number of amides is 1. The fourth-order valence-electron chi connectivity index (χ4n) is 3.27. The van der Waals surface area contributed by atoms with Crippen LogP contribution in [0, 0.1) is 21.4 Å². The molecule has 0 aliphatic heterocycles.